The Morgan fingerprint density at radius 2 is 1.69 bits per heavy atom. The molecule has 1 fully saturated rings. The first-order valence-electron chi connectivity index (χ1n) is 12.1. The van der Waals surface area contributed by atoms with E-state index in [1.165, 1.54) is 0 Å². The Balaban J connectivity index is 1.61. The first kappa shape index (κ1) is 24.5. The summed E-state index contributed by atoms with van der Waals surface area (Å²) in [6, 6.07) is 20.9. The number of hydrogen-bond donors (Lipinski definition) is 4. The fraction of sp³-hybridized carbons (Fsp3) is 0.370. The van der Waals surface area contributed by atoms with Gasteiger partial charge < -0.3 is 10.6 Å². The zero-order chi connectivity index (χ0) is 25.0. The van der Waals surface area contributed by atoms with E-state index in [4.69, 9.17) is 5.10 Å². The van der Waals surface area contributed by atoms with Crippen LogP contribution in [0.15, 0.2) is 66.7 Å². The Morgan fingerprint density at radius 3 is 2.23 bits per heavy atom. The molecular formula is C27H34N6O2. The summed E-state index contributed by atoms with van der Waals surface area (Å²) in [5, 5.41) is 17.2. The summed E-state index contributed by atoms with van der Waals surface area (Å²) in [5.41, 5.74) is 2.53. The SMILES string of the molecule is CCC1CC(=O)NC(n2nc(C(C)(C)C)cc2NC(=O)NC(c2ccccc2)c2ccccc2)N1. The van der Waals surface area contributed by atoms with Gasteiger partial charge in [0.2, 0.25) is 5.91 Å². The molecule has 0 radical (unpaired) electrons. The molecule has 2 aromatic carbocycles. The molecule has 184 valence electrons. The predicted octanol–water partition coefficient (Wildman–Crippen LogP) is 4.44. The molecule has 1 aliphatic heterocycles. The summed E-state index contributed by atoms with van der Waals surface area (Å²) in [6.45, 7) is 8.22. The molecule has 8 nitrogen and oxygen atoms in total. The van der Waals surface area contributed by atoms with Gasteiger partial charge in [-0.2, -0.15) is 5.10 Å². The number of aromatic nitrogens is 2. The minimum absolute atomic E-state index is 0.0401. The zero-order valence-corrected chi connectivity index (χ0v) is 20.7. The second-order valence-electron chi connectivity index (χ2n) is 9.91. The van der Waals surface area contributed by atoms with Gasteiger partial charge in [0.25, 0.3) is 0 Å². The first-order chi connectivity index (χ1) is 16.7. The Bertz CT molecular complexity index is 1110. The third-order valence-corrected chi connectivity index (χ3v) is 6.15. The van der Waals surface area contributed by atoms with E-state index in [0.29, 0.717) is 12.2 Å². The van der Waals surface area contributed by atoms with Crippen molar-refractivity contribution in [2.75, 3.05) is 5.32 Å². The Kier molecular flexibility index (Phi) is 7.21. The molecule has 1 aliphatic rings. The summed E-state index contributed by atoms with van der Waals surface area (Å²) in [7, 11) is 0. The molecule has 2 atom stereocenters. The lowest BCUT2D eigenvalue weighted by atomic mass is 9.92. The molecule has 1 aromatic heterocycles. The highest BCUT2D eigenvalue weighted by molar-refractivity contribution is 5.89. The average Bonchev–Trinajstić information content (AvgIpc) is 3.27. The van der Waals surface area contributed by atoms with Crippen molar-refractivity contribution in [3.8, 4) is 0 Å². The number of nitrogens with zero attached hydrogens (tertiary/aromatic N) is 2. The largest absolute Gasteiger partial charge is 0.327 e. The van der Waals surface area contributed by atoms with Crippen LogP contribution in [0.4, 0.5) is 10.6 Å². The maximum Gasteiger partial charge on any atom is 0.321 e. The van der Waals surface area contributed by atoms with Crippen molar-refractivity contribution in [1.29, 1.82) is 0 Å². The van der Waals surface area contributed by atoms with Crippen LogP contribution in [0.25, 0.3) is 0 Å². The van der Waals surface area contributed by atoms with Crippen LogP contribution >= 0.6 is 0 Å². The lowest BCUT2D eigenvalue weighted by Gasteiger charge is -2.32. The Labute approximate surface area is 206 Å². The van der Waals surface area contributed by atoms with E-state index in [9.17, 15) is 9.59 Å². The number of anilines is 1. The average molecular weight is 475 g/mol. The van der Waals surface area contributed by atoms with Crippen molar-refractivity contribution in [1.82, 2.24) is 25.7 Å². The fourth-order valence-electron chi connectivity index (χ4n) is 4.14. The topological polar surface area (TPSA) is 100 Å². The standard InChI is InChI=1S/C27H34N6O2/c1-5-20-16-23(34)30-25(28-20)33-22(17-21(32-33)27(2,3)4)29-26(35)31-24(18-12-8-6-9-13-18)19-14-10-7-11-15-19/h6-15,17,20,24-25,28H,5,16H2,1-4H3,(H,30,34)(H2,29,31,35). The van der Waals surface area contributed by atoms with Gasteiger partial charge in [0.15, 0.2) is 6.29 Å². The minimum Gasteiger partial charge on any atom is -0.327 e. The molecule has 3 amide bonds. The maximum absolute atomic E-state index is 13.3. The van der Waals surface area contributed by atoms with Crippen molar-refractivity contribution in [3.63, 3.8) is 0 Å². The number of carbonyl (C=O) groups is 2. The molecule has 35 heavy (non-hydrogen) atoms. The highest BCUT2D eigenvalue weighted by Gasteiger charge is 2.30. The Morgan fingerprint density at radius 1 is 1.09 bits per heavy atom. The smallest absolute Gasteiger partial charge is 0.321 e. The van der Waals surface area contributed by atoms with Crippen molar-refractivity contribution < 1.29 is 9.59 Å². The van der Waals surface area contributed by atoms with E-state index in [-0.39, 0.29) is 29.4 Å². The molecule has 0 aliphatic carbocycles. The van der Waals surface area contributed by atoms with Gasteiger partial charge in [-0.3, -0.25) is 15.4 Å². The van der Waals surface area contributed by atoms with Crippen LogP contribution in [0.1, 0.15) is 69.7 Å². The highest BCUT2D eigenvalue weighted by atomic mass is 16.2. The summed E-state index contributed by atoms with van der Waals surface area (Å²) in [4.78, 5) is 25.6. The van der Waals surface area contributed by atoms with Gasteiger partial charge in [0, 0.05) is 23.9 Å². The third-order valence-electron chi connectivity index (χ3n) is 6.15. The molecule has 0 saturated carbocycles. The van der Waals surface area contributed by atoms with Crippen LogP contribution in [0.5, 0.6) is 0 Å². The summed E-state index contributed by atoms with van der Waals surface area (Å²) < 4.78 is 1.65. The normalized spacial score (nSPS) is 18.3. The van der Waals surface area contributed by atoms with Gasteiger partial charge in [-0.1, -0.05) is 88.4 Å². The molecule has 2 heterocycles. The van der Waals surface area contributed by atoms with Crippen LogP contribution in [0, 0.1) is 0 Å². The lowest BCUT2D eigenvalue weighted by molar-refractivity contribution is -0.125. The van der Waals surface area contributed by atoms with E-state index < -0.39 is 6.29 Å². The minimum atomic E-state index is -0.549. The highest BCUT2D eigenvalue weighted by Crippen LogP contribution is 2.27. The van der Waals surface area contributed by atoms with E-state index in [2.05, 4.69) is 42.0 Å². The van der Waals surface area contributed by atoms with E-state index in [0.717, 1.165) is 23.2 Å². The molecule has 3 aromatic rings. The molecule has 4 N–H and O–H groups in total. The van der Waals surface area contributed by atoms with Crippen LogP contribution in [0.2, 0.25) is 0 Å². The van der Waals surface area contributed by atoms with Crippen molar-refractivity contribution >= 4 is 17.8 Å². The summed E-state index contributed by atoms with van der Waals surface area (Å²) in [6.07, 6.45) is 0.683. The molecule has 4 rings (SSSR count). The number of benzene rings is 2. The molecule has 2 unspecified atom stereocenters. The number of amides is 3. The number of nitrogens with one attached hydrogen (secondary N) is 4. The van der Waals surface area contributed by atoms with Crippen molar-refractivity contribution in [2.24, 2.45) is 0 Å². The van der Waals surface area contributed by atoms with Gasteiger partial charge in [-0.15, -0.1) is 0 Å². The van der Waals surface area contributed by atoms with E-state index in [1.54, 1.807) is 4.68 Å². The van der Waals surface area contributed by atoms with Gasteiger partial charge in [-0.25, -0.2) is 9.48 Å². The number of rotatable bonds is 6. The second-order valence-corrected chi connectivity index (χ2v) is 9.91. The van der Waals surface area contributed by atoms with Crippen LogP contribution in [-0.4, -0.2) is 27.8 Å². The van der Waals surface area contributed by atoms with Crippen molar-refractivity contribution in [3.05, 3.63) is 83.6 Å². The van der Waals surface area contributed by atoms with E-state index >= 15 is 0 Å². The van der Waals surface area contributed by atoms with Crippen LogP contribution in [-0.2, 0) is 10.2 Å². The van der Waals surface area contributed by atoms with Gasteiger partial charge in [-0.05, 0) is 17.5 Å². The Hall–Kier alpha value is -3.65. The molecule has 0 spiro atoms. The van der Waals surface area contributed by atoms with Crippen LogP contribution in [0.3, 0.4) is 0 Å². The molecule has 8 heteroatoms. The predicted molar refractivity (Wildman–Crippen MR) is 137 cm³/mol. The summed E-state index contributed by atoms with van der Waals surface area (Å²) >= 11 is 0. The number of carbonyl (C=O) groups excluding carboxylic acids is 2. The maximum atomic E-state index is 13.3. The zero-order valence-electron chi connectivity index (χ0n) is 20.7. The third kappa shape index (κ3) is 5.89. The summed E-state index contributed by atoms with van der Waals surface area (Å²) in [5.74, 6) is 0.457. The van der Waals surface area contributed by atoms with Gasteiger partial charge >= 0.3 is 6.03 Å². The van der Waals surface area contributed by atoms with Gasteiger partial charge in [0.1, 0.15) is 5.82 Å². The molecular weight excluding hydrogens is 440 g/mol. The first-order valence-corrected chi connectivity index (χ1v) is 12.1. The quantitative estimate of drug-likeness (QED) is 0.424. The monoisotopic (exact) mass is 474 g/mol. The number of hydrogen-bond acceptors (Lipinski definition) is 4. The lowest BCUT2D eigenvalue weighted by Crippen LogP contribution is -2.53. The van der Waals surface area contributed by atoms with Crippen molar-refractivity contribution in [2.45, 2.75) is 64.3 Å². The molecule has 1 saturated heterocycles. The second kappa shape index (κ2) is 10.3. The van der Waals surface area contributed by atoms with E-state index in [1.807, 2.05) is 73.7 Å². The van der Waals surface area contributed by atoms with Crippen LogP contribution < -0.4 is 21.3 Å². The fourth-order valence-corrected chi connectivity index (χ4v) is 4.14. The van der Waals surface area contributed by atoms with Gasteiger partial charge in [0.05, 0.1) is 11.7 Å². The number of urea groups is 1. The molecule has 0 bridgehead atoms.